The summed E-state index contributed by atoms with van der Waals surface area (Å²) in [5.41, 5.74) is -0.126. The Morgan fingerprint density at radius 3 is 3.06 bits per heavy atom. The lowest BCUT2D eigenvalue weighted by Gasteiger charge is -2.30. The van der Waals surface area contributed by atoms with Crippen molar-refractivity contribution in [1.82, 2.24) is 14.5 Å². The fraction of sp³-hybridized carbons (Fsp3) is 0.636. The summed E-state index contributed by atoms with van der Waals surface area (Å²) >= 11 is 5.72. The zero-order chi connectivity index (χ0) is 12.4. The standard InChI is InChI=1S/C11H16ClN3O2/c1-8-13-10(12)5-11(16)15(8)7-9-6-14(2)3-4-17-9/h5,9H,3-4,6-7H2,1-2H3. The van der Waals surface area contributed by atoms with Gasteiger partial charge in [-0.15, -0.1) is 0 Å². The maximum absolute atomic E-state index is 11.8. The largest absolute Gasteiger partial charge is 0.374 e. The highest BCUT2D eigenvalue weighted by Gasteiger charge is 2.19. The first kappa shape index (κ1) is 12.5. The molecule has 0 bridgehead atoms. The summed E-state index contributed by atoms with van der Waals surface area (Å²) < 4.78 is 7.24. The SMILES string of the molecule is Cc1nc(Cl)cc(=O)n1CC1CN(C)CCO1. The van der Waals surface area contributed by atoms with Crippen LogP contribution in [0, 0.1) is 6.92 Å². The van der Waals surface area contributed by atoms with Gasteiger partial charge in [0.25, 0.3) is 5.56 Å². The summed E-state index contributed by atoms with van der Waals surface area (Å²) in [5, 5.41) is 0.241. The van der Waals surface area contributed by atoms with E-state index in [0.29, 0.717) is 19.0 Å². The van der Waals surface area contributed by atoms with E-state index in [0.717, 1.165) is 13.1 Å². The molecule has 0 aliphatic carbocycles. The van der Waals surface area contributed by atoms with Crippen LogP contribution in [0.2, 0.25) is 5.15 Å². The third kappa shape index (κ3) is 3.06. The summed E-state index contributed by atoms with van der Waals surface area (Å²) in [7, 11) is 2.05. The first-order valence-electron chi connectivity index (χ1n) is 5.60. The predicted octanol–water partition coefficient (Wildman–Crippen LogP) is 0.536. The van der Waals surface area contributed by atoms with Crippen molar-refractivity contribution >= 4 is 11.6 Å². The van der Waals surface area contributed by atoms with Crippen molar-refractivity contribution in [3.8, 4) is 0 Å². The molecule has 1 aromatic rings. The van der Waals surface area contributed by atoms with Gasteiger partial charge in [-0.2, -0.15) is 0 Å². The van der Waals surface area contributed by atoms with Crippen molar-refractivity contribution in [1.29, 1.82) is 0 Å². The molecule has 0 aromatic carbocycles. The van der Waals surface area contributed by atoms with Crippen molar-refractivity contribution in [2.75, 3.05) is 26.7 Å². The van der Waals surface area contributed by atoms with Crippen molar-refractivity contribution in [2.45, 2.75) is 19.6 Å². The Bertz CT molecular complexity index is 461. The number of hydrogen-bond donors (Lipinski definition) is 0. The van der Waals surface area contributed by atoms with Crippen molar-refractivity contribution in [3.63, 3.8) is 0 Å². The molecule has 0 radical (unpaired) electrons. The number of nitrogens with zero attached hydrogens (tertiary/aromatic N) is 3. The molecule has 1 aromatic heterocycles. The third-order valence-electron chi connectivity index (χ3n) is 2.90. The summed E-state index contributed by atoms with van der Waals surface area (Å²) in [4.78, 5) is 18.1. The van der Waals surface area contributed by atoms with Crippen LogP contribution in [-0.2, 0) is 11.3 Å². The molecule has 2 heterocycles. The second-order valence-corrected chi connectivity index (χ2v) is 4.72. The van der Waals surface area contributed by atoms with Crippen LogP contribution in [0.5, 0.6) is 0 Å². The van der Waals surface area contributed by atoms with Crippen LogP contribution in [-0.4, -0.2) is 47.3 Å². The van der Waals surface area contributed by atoms with Crippen LogP contribution in [0.1, 0.15) is 5.82 Å². The number of rotatable bonds is 2. The van der Waals surface area contributed by atoms with E-state index >= 15 is 0 Å². The molecule has 1 fully saturated rings. The van der Waals surface area contributed by atoms with Gasteiger partial charge in [0, 0.05) is 19.2 Å². The maximum atomic E-state index is 11.8. The van der Waals surface area contributed by atoms with Crippen molar-refractivity contribution < 1.29 is 4.74 Å². The van der Waals surface area contributed by atoms with Gasteiger partial charge in [0.2, 0.25) is 0 Å². The average molecular weight is 258 g/mol. The zero-order valence-electron chi connectivity index (χ0n) is 10.0. The van der Waals surface area contributed by atoms with Gasteiger partial charge in [-0.3, -0.25) is 9.36 Å². The minimum Gasteiger partial charge on any atom is -0.374 e. The minimum atomic E-state index is -0.126. The molecule has 0 spiro atoms. The fourth-order valence-corrected chi connectivity index (χ4v) is 2.21. The van der Waals surface area contributed by atoms with Gasteiger partial charge < -0.3 is 9.64 Å². The van der Waals surface area contributed by atoms with Crippen molar-refractivity contribution in [3.05, 3.63) is 27.4 Å². The van der Waals surface area contributed by atoms with Crippen LogP contribution >= 0.6 is 11.6 Å². The average Bonchev–Trinajstić information content (AvgIpc) is 2.23. The summed E-state index contributed by atoms with van der Waals surface area (Å²) in [6.07, 6.45) is 0.0353. The van der Waals surface area contributed by atoms with E-state index in [2.05, 4.69) is 9.88 Å². The van der Waals surface area contributed by atoms with E-state index in [-0.39, 0.29) is 16.8 Å². The topological polar surface area (TPSA) is 47.4 Å². The maximum Gasteiger partial charge on any atom is 0.255 e. The number of aromatic nitrogens is 2. The van der Waals surface area contributed by atoms with Crippen LogP contribution in [0.25, 0.3) is 0 Å². The third-order valence-corrected chi connectivity index (χ3v) is 3.09. The molecule has 1 saturated heterocycles. The van der Waals surface area contributed by atoms with Gasteiger partial charge in [-0.1, -0.05) is 11.6 Å². The van der Waals surface area contributed by atoms with Gasteiger partial charge in [0.1, 0.15) is 11.0 Å². The Labute approximate surface area is 105 Å². The van der Waals surface area contributed by atoms with E-state index in [9.17, 15) is 4.79 Å². The molecule has 0 amide bonds. The number of morpholine rings is 1. The highest BCUT2D eigenvalue weighted by atomic mass is 35.5. The van der Waals surface area contributed by atoms with E-state index in [1.807, 2.05) is 7.05 Å². The Morgan fingerprint density at radius 2 is 2.41 bits per heavy atom. The first-order chi connectivity index (χ1) is 8.06. The van der Waals surface area contributed by atoms with Crippen LogP contribution in [0.15, 0.2) is 10.9 Å². The van der Waals surface area contributed by atoms with Crippen LogP contribution in [0.4, 0.5) is 0 Å². The zero-order valence-corrected chi connectivity index (χ0v) is 10.8. The Hall–Kier alpha value is -0.910. The second-order valence-electron chi connectivity index (χ2n) is 4.33. The predicted molar refractivity (Wildman–Crippen MR) is 65.5 cm³/mol. The molecule has 0 N–H and O–H groups in total. The molecule has 6 heteroatoms. The highest BCUT2D eigenvalue weighted by molar-refractivity contribution is 6.29. The highest BCUT2D eigenvalue weighted by Crippen LogP contribution is 2.07. The van der Waals surface area contributed by atoms with Gasteiger partial charge >= 0.3 is 0 Å². The van der Waals surface area contributed by atoms with E-state index in [4.69, 9.17) is 16.3 Å². The van der Waals surface area contributed by atoms with Gasteiger partial charge in [0.05, 0.1) is 19.3 Å². The Morgan fingerprint density at radius 1 is 1.65 bits per heavy atom. The molecule has 0 saturated carbocycles. The molecule has 17 heavy (non-hydrogen) atoms. The molecular weight excluding hydrogens is 242 g/mol. The number of hydrogen-bond acceptors (Lipinski definition) is 4. The Kier molecular flexibility index (Phi) is 3.81. The van der Waals surface area contributed by atoms with E-state index in [1.165, 1.54) is 6.07 Å². The quantitative estimate of drug-likeness (QED) is 0.726. The molecule has 1 aliphatic rings. The molecule has 2 rings (SSSR count). The Balaban J connectivity index is 2.16. The minimum absolute atomic E-state index is 0.0353. The first-order valence-corrected chi connectivity index (χ1v) is 5.98. The van der Waals surface area contributed by atoms with E-state index in [1.54, 1.807) is 11.5 Å². The summed E-state index contributed by atoms with van der Waals surface area (Å²) in [6.45, 7) is 4.77. The lowest BCUT2D eigenvalue weighted by atomic mass is 10.2. The smallest absolute Gasteiger partial charge is 0.255 e. The van der Waals surface area contributed by atoms with Crippen LogP contribution in [0.3, 0.4) is 0 Å². The molecule has 94 valence electrons. The van der Waals surface area contributed by atoms with E-state index < -0.39 is 0 Å². The number of aryl methyl sites for hydroxylation is 1. The summed E-state index contributed by atoms with van der Waals surface area (Å²) in [5.74, 6) is 0.624. The number of likely N-dealkylation sites (N-methyl/N-ethyl adjacent to an activating group) is 1. The van der Waals surface area contributed by atoms with Gasteiger partial charge in [0.15, 0.2) is 0 Å². The molecular formula is C11H16ClN3O2. The molecule has 1 unspecified atom stereocenters. The lowest BCUT2D eigenvalue weighted by molar-refractivity contribution is -0.0283. The van der Waals surface area contributed by atoms with Crippen LogP contribution < -0.4 is 5.56 Å². The van der Waals surface area contributed by atoms with Gasteiger partial charge in [-0.25, -0.2) is 4.98 Å². The molecule has 5 nitrogen and oxygen atoms in total. The second kappa shape index (κ2) is 5.16. The van der Waals surface area contributed by atoms with Crippen molar-refractivity contribution in [2.24, 2.45) is 0 Å². The number of ether oxygens (including phenoxy) is 1. The number of halogens is 1. The molecule has 1 aliphatic heterocycles. The van der Waals surface area contributed by atoms with Gasteiger partial charge in [-0.05, 0) is 14.0 Å². The summed E-state index contributed by atoms with van der Waals surface area (Å²) in [6, 6.07) is 1.33. The molecule has 1 atom stereocenters. The normalized spacial score (nSPS) is 21.7. The fourth-order valence-electron chi connectivity index (χ4n) is 1.99. The lowest BCUT2D eigenvalue weighted by Crippen LogP contribution is -2.43. The monoisotopic (exact) mass is 257 g/mol.